The summed E-state index contributed by atoms with van der Waals surface area (Å²) in [7, 11) is 0. The number of unbranched alkanes of at least 4 members (excludes halogenated alkanes) is 4. The predicted octanol–water partition coefficient (Wildman–Crippen LogP) is 6.13. The largest absolute Gasteiger partial charge is 0.423 e. The van der Waals surface area contributed by atoms with Crippen molar-refractivity contribution in [3.63, 3.8) is 0 Å². The Kier molecular flexibility index (Phi) is 8.69. The lowest BCUT2D eigenvalue weighted by Crippen LogP contribution is -2.09. The summed E-state index contributed by atoms with van der Waals surface area (Å²) in [5.74, 6) is -1.44. The van der Waals surface area contributed by atoms with Crippen molar-refractivity contribution in [2.45, 2.75) is 39.0 Å². The van der Waals surface area contributed by atoms with Crippen LogP contribution in [0.4, 0.5) is 4.39 Å². The first-order valence-corrected chi connectivity index (χ1v) is 9.53. The van der Waals surface area contributed by atoms with Crippen molar-refractivity contribution in [2.75, 3.05) is 0 Å². The number of ether oxygens (including phenoxy) is 2. The molecule has 0 atom stereocenters. The molecule has 0 heterocycles. The number of halogens is 2. The molecule has 0 unspecified atom stereocenters. The zero-order chi connectivity index (χ0) is 20.4. The third kappa shape index (κ3) is 7.16. The number of benzene rings is 2. The van der Waals surface area contributed by atoms with Gasteiger partial charge in [0.25, 0.3) is 0 Å². The van der Waals surface area contributed by atoms with Gasteiger partial charge in [0.15, 0.2) is 0 Å². The van der Waals surface area contributed by atoms with Gasteiger partial charge in [0, 0.05) is 12.1 Å². The Morgan fingerprint density at radius 3 is 2.39 bits per heavy atom. The first kappa shape index (κ1) is 21.6. The van der Waals surface area contributed by atoms with Crippen molar-refractivity contribution in [3.05, 3.63) is 71.0 Å². The van der Waals surface area contributed by atoms with Gasteiger partial charge in [-0.25, -0.2) is 14.0 Å². The summed E-state index contributed by atoms with van der Waals surface area (Å²) in [6, 6.07) is 9.65. The molecule has 4 nitrogen and oxygen atoms in total. The van der Waals surface area contributed by atoms with Gasteiger partial charge in [0.05, 0.1) is 10.6 Å². The van der Waals surface area contributed by atoms with Crippen LogP contribution in [0.25, 0.3) is 0 Å². The molecule has 28 heavy (non-hydrogen) atoms. The second kappa shape index (κ2) is 11.2. The second-order valence-corrected chi connectivity index (χ2v) is 6.57. The van der Waals surface area contributed by atoms with Crippen molar-refractivity contribution in [1.82, 2.24) is 0 Å². The molecule has 0 aliphatic heterocycles. The van der Waals surface area contributed by atoms with Gasteiger partial charge < -0.3 is 9.47 Å². The molecular formula is C22H22ClFO4. The zero-order valence-corrected chi connectivity index (χ0v) is 16.4. The van der Waals surface area contributed by atoms with E-state index in [1.165, 1.54) is 55.3 Å². The SMILES string of the molecule is CCCCCCC=CC(=O)Oc1ccc(C(=O)Oc2ccc(Cl)c(F)c2)cc1. The van der Waals surface area contributed by atoms with E-state index in [0.29, 0.717) is 5.75 Å². The van der Waals surface area contributed by atoms with E-state index in [1.807, 2.05) is 0 Å². The smallest absolute Gasteiger partial charge is 0.343 e. The monoisotopic (exact) mass is 404 g/mol. The van der Waals surface area contributed by atoms with Gasteiger partial charge in [-0.05, 0) is 49.2 Å². The molecule has 0 N–H and O–H groups in total. The topological polar surface area (TPSA) is 52.6 Å². The van der Waals surface area contributed by atoms with E-state index >= 15 is 0 Å². The highest BCUT2D eigenvalue weighted by molar-refractivity contribution is 6.30. The Morgan fingerprint density at radius 1 is 1.00 bits per heavy atom. The van der Waals surface area contributed by atoms with Crippen LogP contribution < -0.4 is 9.47 Å². The Morgan fingerprint density at radius 2 is 1.71 bits per heavy atom. The van der Waals surface area contributed by atoms with E-state index in [9.17, 15) is 14.0 Å². The summed E-state index contributed by atoms with van der Waals surface area (Å²) < 4.78 is 23.7. The fourth-order valence-electron chi connectivity index (χ4n) is 2.38. The summed E-state index contributed by atoms with van der Waals surface area (Å²) in [6.07, 6.45) is 8.61. The summed E-state index contributed by atoms with van der Waals surface area (Å²) in [5.41, 5.74) is 0.238. The number of hydrogen-bond acceptors (Lipinski definition) is 4. The van der Waals surface area contributed by atoms with Crippen molar-refractivity contribution in [1.29, 1.82) is 0 Å². The molecule has 2 rings (SSSR count). The lowest BCUT2D eigenvalue weighted by molar-refractivity contribution is -0.129. The Labute approximate surface area is 168 Å². The standard InChI is InChI=1S/C22H22ClFO4/c1-2-3-4-5-6-7-8-21(25)27-17-11-9-16(10-12-17)22(26)28-18-13-14-19(23)20(24)15-18/h7-15H,2-6H2,1H3. The van der Waals surface area contributed by atoms with Crippen LogP contribution in [0.5, 0.6) is 11.5 Å². The average Bonchev–Trinajstić information content (AvgIpc) is 2.68. The minimum Gasteiger partial charge on any atom is -0.423 e. The summed E-state index contributed by atoms with van der Waals surface area (Å²) >= 11 is 5.59. The van der Waals surface area contributed by atoms with Crippen LogP contribution in [-0.4, -0.2) is 11.9 Å². The van der Waals surface area contributed by atoms with Crippen LogP contribution >= 0.6 is 11.6 Å². The number of esters is 2. The van der Waals surface area contributed by atoms with Gasteiger partial charge in [-0.15, -0.1) is 0 Å². The molecule has 0 spiro atoms. The maximum atomic E-state index is 13.4. The second-order valence-electron chi connectivity index (χ2n) is 6.16. The summed E-state index contributed by atoms with van der Waals surface area (Å²) in [6.45, 7) is 2.15. The third-order valence-corrected chi connectivity index (χ3v) is 4.19. The van der Waals surface area contributed by atoms with Gasteiger partial charge in [0.2, 0.25) is 0 Å². The fraction of sp³-hybridized carbons (Fsp3) is 0.273. The van der Waals surface area contributed by atoms with Crippen LogP contribution in [0.2, 0.25) is 5.02 Å². The van der Waals surface area contributed by atoms with Crippen LogP contribution in [0, 0.1) is 5.82 Å². The Bertz CT molecular complexity index is 831. The predicted molar refractivity (Wildman–Crippen MR) is 106 cm³/mol. The van der Waals surface area contributed by atoms with Gasteiger partial charge in [-0.2, -0.15) is 0 Å². The maximum absolute atomic E-state index is 13.4. The number of carbonyl (C=O) groups is 2. The first-order chi connectivity index (χ1) is 13.5. The van der Waals surface area contributed by atoms with Crippen molar-refractivity contribution < 1.29 is 23.5 Å². The molecule has 2 aromatic carbocycles. The lowest BCUT2D eigenvalue weighted by atomic mass is 10.1. The number of carbonyl (C=O) groups excluding carboxylic acids is 2. The molecule has 0 amide bonds. The lowest BCUT2D eigenvalue weighted by Gasteiger charge is -2.06. The van der Waals surface area contributed by atoms with E-state index in [2.05, 4.69) is 6.92 Å². The maximum Gasteiger partial charge on any atom is 0.343 e. The van der Waals surface area contributed by atoms with Gasteiger partial charge in [0.1, 0.15) is 17.3 Å². The Hall–Kier alpha value is -2.66. The van der Waals surface area contributed by atoms with Crippen LogP contribution in [-0.2, 0) is 4.79 Å². The highest BCUT2D eigenvalue weighted by Gasteiger charge is 2.11. The van der Waals surface area contributed by atoms with Gasteiger partial charge in [-0.3, -0.25) is 0 Å². The number of allylic oxidation sites excluding steroid dienone is 1. The molecule has 0 bridgehead atoms. The van der Waals surface area contributed by atoms with E-state index in [4.69, 9.17) is 21.1 Å². The zero-order valence-electron chi connectivity index (χ0n) is 15.6. The molecule has 6 heteroatoms. The molecule has 0 saturated carbocycles. The highest BCUT2D eigenvalue weighted by Crippen LogP contribution is 2.21. The van der Waals surface area contributed by atoms with E-state index in [-0.39, 0.29) is 16.3 Å². The number of rotatable bonds is 9. The van der Waals surface area contributed by atoms with Crippen LogP contribution in [0.1, 0.15) is 49.4 Å². The van der Waals surface area contributed by atoms with E-state index in [0.717, 1.165) is 25.3 Å². The third-order valence-electron chi connectivity index (χ3n) is 3.89. The average molecular weight is 405 g/mol. The van der Waals surface area contributed by atoms with E-state index in [1.54, 1.807) is 6.08 Å². The van der Waals surface area contributed by atoms with E-state index < -0.39 is 17.8 Å². The molecule has 0 aliphatic carbocycles. The molecule has 0 fully saturated rings. The van der Waals surface area contributed by atoms with Gasteiger partial charge in [-0.1, -0.05) is 43.9 Å². The number of hydrogen-bond donors (Lipinski definition) is 0. The minimum atomic E-state index is -0.673. The highest BCUT2D eigenvalue weighted by atomic mass is 35.5. The molecule has 0 saturated heterocycles. The summed E-state index contributed by atoms with van der Waals surface area (Å²) in [4.78, 5) is 23.9. The quantitative estimate of drug-likeness (QED) is 0.218. The molecular weight excluding hydrogens is 383 g/mol. The van der Waals surface area contributed by atoms with Crippen LogP contribution in [0.15, 0.2) is 54.6 Å². The molecule has 148 valence electrons. The molecule has 0 aromatic heterocycles. The van der Waals surface area contributed by atoms with Gasteiger partial charge >= 0.3 is 11.9 Å². The van der Waals surface area contributed by atoms with Crippen molar-refractivity contribution >= 4 is 23.5 Å². The molecule has 2 aromatic rings. The summed E-state index contributed by atoms with van der Waals surface area (Å²) in [5, 5.41) is -0.0547. The van der Waals surface area contributed by atoms with Crippen molar-refractivity contribution in [2.24, 2.45) is 0 Å². The fourth-order valence-corrected chi connectivity index (χ4v) is 2.50. The minimum absolute atomic E-state index is 0.0477. The first-order valence-electron chi connectivity index (χ1n) is 9.15. The molecule has 0 aliphatic rings. The molecule has 0 radical (unpaired) electrons. The van der Waals surface area contributed by atoms with Crippen molar-refractivity contribution in [3.8, 4) is 11.5 Å². The normalized spacial score (nSPS) is 10.8. The van der Waals surface area contributed by atoms with Crippen LogP contribution in [0.3, 0.4) is 0 Å². The Balaban J connectivity index is 1.84.